The van der Waals surface area contributed by atoms with Crippen LogP contribution in [0.2, 0.25) is 0 Å². The Morgan fingerprint density at radius 2 is 1.48 bits per heavy atom. The van der Waals surface area contributed by atoms with Crippen LogP contribution in [0, 0.1) is 11.8 Å². The van der Waals surface area contributed by atoms with Crippen molar-refractivity contribution in [3.8, 4) is 0 Å². The van der Waals surface area contributed by atoms with Crippen LogP contribution in [0.15, 0.2) is 30.3 Å². The fourth-order valence-corrected chi connectivity index (χ4v) is 4.39. The van der Waals surface area contributed by atoms with Crippen molar-refractivity contribution in [1.82, 2.24) is 15.1 Å². The summed E-state index contributed by atoms with van der Waals surface area (Å²) in [6, 6.07) is 11.1. The van der Waals surface area contributed by atoms with Crippen molar-refractivity contribution in [2.45, 2.75) is 51.0 Å². The van der Waals surface area contributed by atoms with E-state index in [0.29, 0.717) is 31.0 Å². The molecule has 1 aliphatic carbocycles. The van der Waals surface area contributed by atoms with E-state index >= 15 is 0 Å². The van der Waals surface area contributed by atoms with E-state index in [1.165, 1.54) is 5.56 Å². The van der Waals surface area contributed by atoms with Gasteiger partial charge in [0.1, 0.15) is 0 Å². The van der Waals surface area contributed by atoms with Gasteiger partial charge in [-0.05, 0) is 56.4 Å². The maximum Gasteiger partial charge on any atom is 0.317 e. The quantitative estimate of drug-likeness (QED) is 0.887. The molecule has 2 heterocycles. The Morgan fingerprint density at radius 1 is 0.852 bits per heavy atom. The van der Waals surface area contributed by atoms with E-state index < -0.39 is 0 Å². The van der Waals surface area contributed by atoms with Crippen LogP contribution in [0.5, 0.6) is 0 Å². The topological polar surface area (TPSA) is 52.7 Å². The standard InChI is InChI=1S/C22H31N3O2/c26-21(19-10-14-25(15-11-19)22(27)23-20-6-7-20)24-12-8-18(9-13-24)16-17-4-2-1-3-5-17/h1-5,18-20H,6-16H2,(H,23,27). The zero-order valence-electron chi connectivity index (χ0n) is 16.1. The van der Waals surface area contributed by atoms with Gasteiger partial charge in [0.2, 0.25) is 5.91 Å². The lowest BCUT2D eigenvalue weighted by Crippen LogP contribution is -2.49. The van der Waals surface area contributed by atoms with Gasteiger partial charge in [-0.1, -0.05) is 30.3 Å². The smallest absolute Gasteiger partial charge is 0.317 e. The number of nitrogens with zero attached hydrogens (tertiary/aromatic N) is 2. The molecule has 146 valence electrons. The molecule has 0 radical (unpaired) electrons. The molecule has 0 spiro atoms. The Hall–Kier alpha value is -2.04. The third-order valence-corrected chi connectivity index (χ3v) is 6.33. The van der Waals surface area contributed by atoms with Crippen LogP contribution in [0.4, 0.5) is 4.79 Å². The number of amides is 3. The number of piperidine rings is 2. The second kappa shape index (κ2) is 8.32. The average molecular weight is 370 g/mol. The number of benzene rings is 1. The Bertz CT molecular complexity index is 643. The molecule has 27 heavy (non-hydrogen) atoms. The van der Waals surface area contributed by atoms with Gasteiger partial charge < -0.3 is 15.1 Å². The third-order valence-electron chi connectivity index (χ3n) is 6.33. The van der Waals surface area contributed by atoms with E-state index in [2.05, 4.69) is 40.5 Å². The predicted octanol–water partition coefficient (Wildman–Crippen LogP) is 3.05. The number of hydrogen-bond acceptors (Lipinski definition) is 2. The lowest BCUT2D eigenvalue weighted by atomic mass is 9.88. The van der Waals surface area contributed by atoms with Gasteiger partial charge in [0.05, 0.1) is 0 Å². The lowest BCUT2D eigenvalue weighted by Gasteiger charge is -2.37. The van der Waals surface area contributed by atoms with Gasteiger partial charge in [0.25, 0.3) is 0 Å². The molecule has 1 aromatic carbocycles. The monoisotopic (exact) mass is 369 g/mol. The molecule has 1 N–H and O–H groups in total. The SMILES string of the molecule is O=C(NC1CC1)N1CCC(C(=O)N2CCC(Cc3ccccc3)CC2)CC1. The number of carbonyl (C=O) groups is 2. The molecule has 1 aromatic rings. The molecule has 3 aliphatic rings. The molecule has 0 aromatic heterocycles. The van der Waals surface area contributed by atoms with Gasteiger partial charge in [-0.15, -0.1) is 0 Å². The van der Waals surface area contributed by atoms with E-state index in [0.717, 1.165) is 58.0 Å². The minimum Gasteiger partial charge on any atom is -0.342 e. The lowest BCUT2D eigenvalue weighted by molar-refractivity contribution is -0.138. The minimum atomic E-state index is 0.0603. The van der Waals surface area contributed by atoms with Gasteiger partial charge in [0.15, 0.2) is 0 Å². The maximum atomic E-state index is 12.9. The summed E-state index contributed by atoms with van der Waals surface area (Å²) in [6.45, 7) is 3.19. The molecule has 4 rings (SSSR count). The minimum absolute atomic E-state index is 0.0603. The van der Waals surface area contributed by atoms with Crippen LogP contribution in [-0.2, 0) is 11.2 Å². The maximum absolute atomic E-state index is 12.9. The molecule has 2 saturated heterocycles. The summed E-state index contributed by atoms with van der Waals surface area (Å²) in [5.74, 6) is 1.10. The summed E-state index contributed by atoms with van der Waals surface area (Å²) in [6.07, 6.45) is 7.16. The number of hydrogen-bond donors (Lipinski definition) is 1. The van der Waals surface area contributed by atoms with Gasteiger partial charge in [-0.25, -0.2) is 4.79 Å². The van der Waals surface area contributed by atoms with E-state index in [9.17, 15) is 9.59 Å². The Morgan fingerprint density at radius 3 is 2.11 bits per heavy atom. The van der Waals surface area contributed by atoms with E-state index in [1.54, 1.807) is 0 Å². The highest BCUT2D eigenvalue weighted by molar-refractivity contribution is 5.80. The number of urea groups is 1. The fourth-order valence-electron chi connectivity index (χ4n) is 4.39. The largest absolute Gasteiger partial charge is 0.342 e. The van der Waals surface area contributed by atoms with Crippen LogP contribution < -0.4 is 5.32 Å². The van der Waals surface area contributed by atoms with Crippen molar-refractivity contribution < 1.29 is 9.59 Å². The average Bonchev–Trinajstić information content (AvgIpc) is 3.53. The molecule has 0 bridgehead atoms. The fraction of sp³-hybridized carbons (Fsp3) is 0.636. The first kappa shape index (κ1) is 18.3. The van der Waals surface area contributed by atoms with Crippen molar-refractivity contribution in [3.05, 3.63) is 35.9 Å². The third kappa shape index (κ3) is 4.82. The number of carbonyl (C=O) groups excluding carboxylic acids is 2. The van der Waals surface area contributed by atoms with Gasteiger partial charge >= 0.3 is 6.03 Å². The number of nitrogens with one attached hydrogen (secondary N) is 1. The van der Waals surface area contributed by atoms with Crippen molar-refractivity contribution in [3.63, 3.8) is 0 Å². The van der Waals surface area contributed by atoms with Gasteiger partial charge in [-0.2, -0.15) is 0 Å². The van der Waals surface area contributed by atoms with Crippen LogP contribution in [0.3, 0.4) is 0 Å². The number of rotatable bonds is 4. The molecule has 0 unspecified atom stereocenters. The van der Waals surface area contributed by atoms with Crippen molar-refractivity contribution in [1.29, 1.82) is 0 Å². The second-order valence-electron chi connectivity index (χ2n) is 8.44. The molecule has 5 heteroatoms. The first-order chi connectivity index (χ1) is 13.2. The molecule has 2 aliphatic heterocycles. The summed E-state index contributed by atoms with van der Waals surface area (Å²) < 4.78 is 0. The Balaban J connectivity index is 1.20. The molecule has 0 atom stereocenters. The van der Waals surface area contributed by atoms with E-state index in [4.69, 9.17) is 0 Å². The van der Waals surface area contributed by atoms with Crippen molar-refractivity contribution in [2.75, 3.05) is 26.2 Å². The molecule has 3 amide bonds. The zero-order valence-corrected chi connectivity index (χ0v) is 16.1. The van der Waals surface area contributed by atoms with Crippen LogP contribution in [0.25, 0.3) is 0 Å². The molecular weight excluding hydrogens is 338 g/mol. The van der Waals surface area contributed by atoms with Crippen LogP contribution >= 0.6 is 0 Å². The highest BCUT2D eigenvalue weighted by Gasteiger charge is 2.33. The first-order valence-corrected chi connectivity index (χ1v) is 10.6. The summed E-state index contributed by atoms with van der Waals surface area (Å²) in [4.78, 5) is 29.0. The first-order valence-electron chi connectivity index (χ1n) is 10.6. The second-order valence-corrected chi connectivity index (χ2v) is 8.44. The van der Waals surface area contributed by atoms with Crippen molar-refractivity contribution >= 4 is 11.9 Å². The Kier molecular flexibility index (Phi) is 5.65. The van der Waals surface area contributed by atoms with Crippen LogP contribution in [0.1, 0.15) is 44.1 Å². The van der Waals surface area contributed by atoms with Crippen LogP contribution in [-0.4, -0.2) is 54.0 Å². The predicted molar refractivity (Wildman–Crippen MR) is 105 cm³/mol. The highest BCUT2D eigenvalue weighted by atomic mass is 16.2. The van der Waals surface area contributed by atoms with E-state index in [1.807, 2.05) is 4.90 Å². The van der Waals surface area contributed by atoms with E-state index in [-0.39, 0.29) is 11.9 Å². The Labute approximate surface area is 162 Å². The summed E-state index contributed by atoms with van der Waals surface area (Å²) >= 11 is 0. The normalized spacial score (nSPS) is 21.9. The molecule has 1 saturated carbocycles. The molecular formula is C22H31N3O2. The molecule has 5 nitrogen and oxygen atoms in total. The van der Waals surface area contributed by atoms with Gasteiger partial charge in [-0.3, -0.25) is 4.79 Å². The van der Waals surface area contributed by atoms with Crippen molar-refractivity contribution in [2.24, 2.45) is 11.8 Å². The zero-order chi connectivity index (χ0) is 18.6. The summed E-state index contributed by atoms with van der Waals surface area (Å²) in [5, 5.41) is 3.05. The number of likely N-dealkylation sites (tertiary alicyclic amines) is 2. The highest BCUT2D eigenvalue weighted by Crippen LogP contribution is 2.26. The van der Waals surface area contributed by atoms with Gasteiger partial charge in [0, 0.05) is 38.1 Å². The summed E-state index contributed by atoms with van der Waals surface area (Å²) in [5.41, 5.74) is 1.40. The molecule has 3 fully saturated rings. The summed E-state index contributed by atoms with van der Waals surface area (Å²) in [7, 11) is 0.